The van der Waals surface area contributed by atoms with Crippen molar-refractivity contribution in [2.45, 2.75) is 4.90 Å². The van der Waals surface area contributed by atoms with E-state index in [1.54, 1.807) is 42.5 Å². The van der Waals surface area contributed by atoms with Gasteiger partial charge < -0.3 is 15.5 Å². The summed E-state index contributed by atoms with van der Waals surface area (Å²) in [6, 6.07) is 15.6. The highest BCUT2D eigenvalue weighted by Crippen LogP contribution is 2.28. The van der Waals surface area contributed by atoms with Gasteiger partial charge >= 0.3 is 6.09 Å². The molecule has 4 aromatic rings. The lowest BCUT2D eigenvalue weighted by Gasteiger charge is -2.09. The van der Waals surface area contributed by atoms with Crippen LogP contribution in [0.25, 0.3) is 22.4 Å². The molecule has 0 atom stereocenters. The van der Waals surface area contributed by atoms with Gasteiger partial charge in [0.1, 0.15) is 11.6 Å². The molecule has 1 aromatic heterocycles. The van der Waals surface area contributed by atoms with Crippen LogP contribution in [0.5, 0.6) is 5.75 Å². The molecular weight excluding hydrogens is 463 g/mol. The van der Waals surface area contributed by atoms with Gasteiger partial charge in [-0.05, 0) is 54.6 Å². The van der Waals surface area contributed by atoms with Crippen molar-refractivity contribution in [3.05, 3.63) is 70.7 Å². The van der Waals surface area contributed by atoms with Gasteiger partial charge in [0.15, 0.2) is 0 Å². The number of imidazole rings is 1. The number of H-pyrrole nitrogens is 1. The van der Waals surface area contributed by atoms with Crippen LogP contribution in [-0.4, -0.2) is 24.5 Å². The third-order valence-corrected chi connectivity index (χ3v) is 6.40. The van der Waals surface area contributed by atoms with E-state index >= 15 is 0 Å². The topological polar surface area (TPSA) is 127 Å². The van der Waals surface area contributed by atoms with Gasteiger partial charge in [-0.2, -0.15) is 0 Å². The van der Waals surface area contributed by atoms with Gasteiger partial charge in [-0.3, -0.25) is 4.72 Å². The largest absolute Gasteiger partial charge is 0.410 e. The SMILES string of the molecule is NC(=O)Oc1ccc2[nH]c(-c3ccc(NS(=O)(=O)c4ccc(Cl)c(Cl)c4)cc3)nc2c1. The van der Waals surface area contributed by atoms with Crippen molar-refractivity contribution < 1.29 is 17.9 Å². The number of anilines is 1. The van der Waals surface area contributed by atoms with Crippen LogP contribution in [0.3, 0.4) is 0 Å². The Hall–Kier alpha value is -3.27. The van der Waals surface area contributed by atoms with E-state index in [1.165, 1.54) is 18.2 Å². The van der Waals surface area contributed by atoms with Gasteiger partial charge in [-0.1, -0.05) is 23.2 Å². The number of halogens is 2. The smallest absolute Gasteiger partial charge is 0.409 e. The Bertz CT molecular complexity index is 1400. The summed E-state index contributed by atoms with van der Waals surface area (Å²) in [4.78, 5) is 18.5. The molecule has 0 fully saturated rings. The monoisotopic (exact) mass is 476 g/mol. The minimum atomic E-state index is -3.83. The second-order valence-corrected chi connectivity index (χ2v) is 8.94. The molecule has 0 aliphatic heterocycles. The number of rotatable bonds is 5. The van der Waals surface area contributed by atoms with Crippen molar-refractivity contribution in [1.82, 2.24) is 9.97 Å². The second kappa shape index (κ2) is 8.10. The molecule has 158 valence electrons. The van der Waals surface area contributed by atoms with Crippen LogP contribution >= 0.6 is 23.2 Å². The van der Waals surface area contributed by atoms with Crippen molar-refractivity contribution in [3.63, 3.8) is 0 Å². The highest BCUT2D eigenvalue weighted by molar-refractivity contribution is 7.92. The molecule has 0 saturated carbocycles. The fourth-order valence-electron chi connectivity index (χ4n) is 2.86. The number of carbonyl (C=O) groups excluding carboxylic acids is 1. The van der Waals surface area contributed by atoms with E-state index in [4.69, 9.17) is 33.7 Å². The summed E-state index contributed by atoms with van der Waals surface area (Å²) in [7, 11) is -3.83. The maximum absolute atomic E-state index is 12.6. The van der Waals surface area contributed by atoms with Gasteiger partial charge in [0.05, 0.1) is 26.0 Å². The Morgan fingerprint density at radius 2 is 1.74 bits per heavy atom. The van der Waals surface area contributed by atoms with Crippen molar-refractivity contribution in [1.29, 1.82) is 0 Å². The molecular formula is C20H14Cl2N4O4S. The van der Waals surface area contributed by atoms with Crippen LogP contribution in [0.1, 0.15) is 0 Å². The number of hydrogen-bond acceptors (Lipinski definition) is 5. The predicted octanol–water partition coefficient (Wildman–Crippen LogP) is 4.80. The van der Waals surface area contributed by atoms with Crippen LogP contribution in [0.2, 0.25) is 10.0 Å². The average molecular weight is 477 g/mol. The van der Waals surface area contributed by atoms with Crippen molar-refractivity contribution in [2.75, 3.05) is 4.72 Å². The standard InChI is InChI=1S/C20H14Cl2N4O4S/c21-15-7-6-14(10-16(15)22)31(28,29)26-12-3-1-11(2-4-12)19-24-17-8-5-13(30-20(23)27)9-18(17)25-19/h1-10,26H,(H2,23,27)(H,24,25). The van der Waals surface area contributed by atoms with Crippen LogP contribution in [0, 0.1) is 0 Å². The number of aromatic amines is 1. The summed E-state index contributed by atoms with van der Waals surface area (Å²) in [6.07, 6.45) is -0.908. The van der Waals surface area contributed by atoms with Gasteiger partial charge in [0.25, 0.3) is 10.0 Å². The number of aromatic nitrogens is 2. The molecule has 0 aliphatic rings. The van der Waals surface area contributed by atoms with Crippen LogP contribution in [0.15, 0.2) is 65.6 Å². The zero-order valence-electron chi connectivity index (χ0n) is 15.6. The number of primary amides is 1. The van der Waals surface area contributed by atoms with Gasteiger partial charge in [0, 0.05) is 17.3 Å². The zero-order chi connectivity index (χ0) is 22.2. The van der Waals surface area contributed by atoms with E-state index in [9.17, 15) is 13.2 Å². The molecule has 0 saturated heterocycles. The van der Waals surface area contributed by atoms with Gasteiger partial charge in [0.2, 0.25) is 0 Å². The fourth-order valence-corrected chi connectivity index (χ4v) is 4.30. The van der Waals surface area contributed by atoms with E-state index in [1.807, 2.05) is 0 Å². The quantitative estimate of drug-likeness (QED) is 0.381. The Balaban J connectivity index is 1.56. The molecule has 1 amide bonds. The molecule has 4 rings (SSSR count). The molecule has 0 unspecified atom stereocenters. The Morgan fingerprint density at radius 3 is 2.42 bits per heavy atom. The first kappa shape index (κ1) is 21.0. The van der Waals surface area contributed by atoms with E-state index in [0.717, 1.165) is 11.1 Å². The Morgan fingerprint density at radius 1 is 1.00 bits per heavy atom. The first-order valence-electron chi connectivity index (χ1n) is 8.77. The number of nitrogens with zero attached hydrogens (tertiary/aromatic N) is 1. The van der Waals surface area contributed by atoms with E-state index in [-0.39, 0.29) is 20.7 Å². The number of benzene rings is 3. The predicted molar refractivity (Wildman–Crippen MR) is 119 cm³/mol. The maximum Gasteiger partial charge on any atom is 0.409 e. The number of ether oxygens (including phenoxy) is 1. The van der Waals surface area contributed by atoms with Gasteiger partial charge in [-0.15, -0.1) is 0 Å². The van der Waals surface area contributed by atoms with Crippen LogP contribution in [-0.2, 0) is 10.0 Å². The first-order valence-corrected chi connectivity index (χ1v) is 11.0. The maximum atomic E-state index is 12.6. The summed E-state index contributed by atoms with van der Waals surface area (Å²) in [5, 5.41) is 0.415. The summed E-state index contributed by atoms with van der Waals surface area (Å²) >= 11 is 11.8. The number of nitrogens with two attached hydrogens (primary N) is 1. The van der Waals surface area contributed by atoms with Crippen LogP contribution in [0.4, 0.5) is 10.5 Å². The Labute approximate surface area is 187 Å². The summed E-state index contributed by atoms with van der Waals surface area (Å²) < 4.78 is 32.5. The number of nitrogens with one attached hydrogen (secondary N) is 2. The first-order chi connectivity index (χ1) is 14.7. The number of sulfonamides is 1. The van der Waals surface area contributed by atoms with E-state index in [2.05, 4.69) is 14.7 Å². The highest BCUT2D eigenvalue weighted by atomic mass is 35.5. The lowest BCUT2D eigenvalue weighted by molar-refractivity contribution is 0.211. The second-order valence-electron chi connectivity index (χ2n) is 6.44. The molecule has 0 spiro atoms. The van der Waals surface area contributed by atoms with Gasteiger partial charge in [-0.25, -0.2) is 18.2 Å². The summed E-state index contributed by atoms with van der Waals surface area (Å²) in [5.74, 6) is 0.843. The minimum Gasteiger partial charge on any atom is -0.410 e. The molecule has 8 nitrogen and oxygen atoms in total. The molecule has 0 radical (unpaired) electrons. The normalized spacial score (nSPS) is 11.4. The van der Waals surface area contributed by atoms with Crippen molar-refractivity contribution in [3.8, 4) is 17.1 Å². The zero-order valence-corrected chi connectivity index (χ0v) is 17.9. The third kappa shape index (κ3) is 4.58. The molecule has 0 aliphatic carbocycles. The number of fused-ring (bicyclic) bond motifs is 1. The summed E-state index contributed by atoms with van der Waals surface area (Å²) in [5.41, 5.74) is 7.43. The van der Waals surface area contributed by atoms with E-state index in [0.29, 0.717) is 17.0 Å². The molecule has 0 bridgehead atoms. The summed E-state index contributed by atoms with van der Waals surface area (Å²) in [6.45, 7) is 0. The fraction of sp³-hybridized carbons (Fsp3) is 0. The average Bonchev–Trinajstić information content (AvgIpc) is 3.13. The molecule has 4 N–H and O–H groups in total. The number of carbonyl (C=O) groups is 1. The lowest BCUT2D eigenvalue weighted by atomic mass is 10.2. The highest BCUT2D eigenvalue weighted by Gasteiger charge is 2.16. The van der Waals surface area contributed by atoms with E-state index < -0.39 is 16.1 Å². The minimum absolute atomic E-state index is 0.00255. The molecule has 1 heterocycles. The molecule has 3 aromatic carbocycles. The van der Waals surface area contributed by atoms with Crippen LogP contribution < -0.4 is 15.2 Å². The third-order valence-electron chi connectivity index (χ3n) is 4.28. The number of hydrogen-bond donors (Lipinski definition) is 3. The van der Waals surface area contributed by atoms with Crippen molar-refractivity contribution in [2.24, 2.45) is 5.73 Å². The molecule has 11 heteroatoms. The molecule has 31 heavy (non-hydrogen) atoms. The lowest BCUT2D eigenvalue weighted by Crippen LogP contribution is -2.16. The Kier molecular flexibility index (Phi) is 5.48. The van der Waals surface area contributed by atoms with Crippen molar-refractivity contribution >= 4 is 56.0 Å². The number of amides is 1.